The topological polar surface area (TPSA) is 55.8 Å². The van der Waals surface area contributed by atoms with E-state index in [0.29, 0.717) is 13.0 Å². The number of rotatable bonds is 7. The van der Waals surface area contributed by atoms with Gasteiger partial charge in [-0.05, 0) is 20.3 Å². The maximum atomic E-state index is 9.40. The van der Waals surface area contributed by atoms with Crippen LogP contribution in [0.15, 0.2) is 0 Å². The van der Waals surface area contributed by atoms with E-state index in [9.17, 15) is 4.79 Å². The number of aldehydes is 1. The Morgan fingerprint density at radius 1 is 1.33 bits per heavy atom. The van der Waals surface area contributed by atoms with Crippen LogP contribution in [-0.2, 0) is 14.3 Å². The molecule has 0 aliphatic heterocycles. The first-order valence-corrected chi connectivity index (χ1v) is 5.31. The van der Waals surface area contributed by atoms with Gasteiger partial charge in [0.15, 0.2) is 0 Å². The fraction of sp³-hybridized carbons (Fsp3) is 0.909. The molecule has 0 saturated carbocycles. The highest BCUT2D eigenvalue weighted by molar-refractivity contribution is 5.48. The largest absolute Gasteiger partial charge is 0.394 e. The van der Waals surface area contributed by atoms with E-state index in [4.69, 9.17) is 14.6 Å². The summed E-state index contributed by atoms with van der Waals surface area (Å²) in [5.41, 5.74) is 0. The molecule has 0 spiro atoms. The molecule has 0 amide bonds. The monoisotopic (exact) mass is 220 g/mol. The van der Waals surface area contributed by atoms with E-state index in [1.54, 1.807) is 7.11 Å². The van der Waals surface area contributed by atoms with Gasteiger partial charge < -0.3 is 19.4 Å². The quantitative estimate of drug-likeness (QED) is 0.659. The normalized spacial score (nSPS) is 13.7. The summed E-state index contributed by atoms with van der Waals surface area (Å²) in [5.74, 6) is 0. The molecule has 0 aliphatic rings. The number of unbranched alkanes of at least 4 members (excludes halogenated alkanes) is 1. The van der Waals surface area contributed by atoms with Gasteiger partial charge in [-0.15, -0.1) is 0 Å². The molecule has 2 atom stereocenters. The van der Waals surface area contributed by atoms with Crippen molar-refractivity contribution in [2.45, 2.75) is 45.8 Å². The Bertz CT molecular complexity index is 118. The first-order chi connectivity index (χ1) is 7.12. The van der Waals surface area contributed by atoms with Gasteiger partial charge in [0, 0.05) is 13.5 Å². The molecule has 0 saturated heterocycles. The minimum atomic E-state index is -0.0856. The maximum absolute atomic E-state index is 9.40. The van der Waals surface area contributed by atoms with Crippen LogP contribution in [0.4, 0.5) is 0 Å². The van der Waals surface area contributed by atoms with Crippen LogP contribution in [0.1, 0.15) is 33.6 Å². The van der Waals surface area contributed by atoms with E-state index in [1.165, 1.54) is 0 Å². The first-order valence-electron chi connectivity index (χ1n) is 5.31. The molecule has 0 rings (SSSR count). The van der Waals surface area contributed by atoms with Gasteiger partial charge in [-0.3, -0.25) is 0 Å². The van der Waals surface area contributed by atoms with Gasteiger partial charge in [-0.2, -0.15) is 0 Å². The summed E-state index contributed by atoms with van der Waals surface area (Å²) in [5, 5.41) is 8.55. The van der Waals surface area contributed by atoms with Gasteiger partial charge in [0.2, 0.25) is 0 Å². The van der Waals surface area contributed by atoms with Crippen molar-refractivity contribution in [2.24, 2.45) is 0 Å². The molecule has 0 aromatic rings. The number of hydrogen-bond acceptors (Lipinski definition) is 4. The fourth-order valence-electron chi connectivity index (χ4n) is 0.538. The van der Waals surface area contributed by atoms with E-state index in [2.05, 4.69) is 0 Å². The summed E-state index contributed by atoms with van der Waals surface area (Å²) in [7, 11) is 1.64. The highest BCUT2D eigenvalue weighted by Crippen LogP contribution is 1.93. The van der Waals surface area contributed by atoms with Gasteiger partial charge in [0.1, 0.15) is 6.29 Å². The molecular formula is C11H24O4. The summed E-state index contributed by atoms with van der Waals surface area (Å²) in [6.45, 7) is 6.33. The number of methoxy groups -OCH3 is 1. The zero-order valence-electron chi connectivity index (χ0n) is 10.2. The standard InChI is InChI=1S/C7H16O3.C4H8O/c1-6(4-8)10-5-7(2)9-3;1-2-3-4-5/h6-8H,4-5H2,1-3H3;4H,2-3H2,1H3. The molecule has 0 aliphatic carbocycles. The number of aliphatic hydroxyl groups excluding tert-OH is 1. The van der Waals surface area contributed by atoms with Crippen molar-refractivity contribution in [1.82, 2.24) is 0 Å². The summed E-state index contributed by atoms with van der Waals surface area (Å²) < 4.78 is 10.1. The van der Waals surface area contributed by atoms with Crippen LogP contribution >= 0.6 is 0 Å². The summed E-state index contributed by atoms with van der Waals surface area (Å²) in [4.78, 5) is 9.40. The Kier molecular flexibility index (Phi) is 15.3. The van der Waals surface area contributed by atoms with Crippen LogP contribution in [-0.4, -0.2) is 43.9 Å². The SMILES string of the molecule is CCCC=O.COC(C)COC(C)CO. The molecule has 0 aromatic heterocycles. The Hall–Kier alpha value is -0.450. The lowest BCUT2D eigenvalue weighted by Crippen LogP contribution is -2.21. The highest BCUT2D eigenvalue weighted by atomic mass is 16.5. The van der Waals surface area contributed by atoms with Gasteiger partial charge in [-0.25, -0.2) is 0 Å². The van der Waals surface area contributed by atoms with Crippen LogP contribution in [0.3, 0.4) is 0 Å². The maximum Gasteiger partial charge on any atom is 0.119 e. The smallest absolute Gasteiger partial charge is 0.119 e. The van der Waals surface area contributed by atoms with Crippen molar-refractivity contribution in [2.75, 3.05) is 20.3 Å². The Balaban J connectivity index is 0. The van der Waals surface area contributed by atoms with Crippen molar-refractivity contribution in [3.05, 3.63) is 0 Å². The molecule has 92 valence electrons. The van der Waals surface area contributed by atoms with Crippen molar-refractivity contribution < 1.29 is 19.4 Å². The number of carbonyl (C=O) groups excluding carboxylic acids is 1. The molecule has 15 heavy (non-hydrogen) atoms. The molecule has 1 N–H and O–H groups in total. The second kappa shape index (κ2) is 13.5. The van der Waals surface area contributed by atoms with E-state index in [0.717, 1.165) is 12.7 Å². The van der Waals surface area contributed by atoms with Gasteiger partial charge in [0.05, 0.1) is 25.4 Å². The number of aliphatic hydroxyl groups is 1. The average Bonchev–Trinajstić information content (AvgIpc) is 2.27. The fourth-order valence-corrected chi connectivity index (χ4v) is 0.538. The van der Waals surface area contributed by atoms with Crippen molar-refractivity contribution in [1.29, 1.82) is 0 Å². The molecule has 4 nitrogen and oxygen atoms in total. The first kappa shape index (κ1) is 17.0. The van der Waals surface area contributed by atoms with Gasteiger partial charge >= 0.3 is 0 Å². The zero-order chi connectivity index (χ0) is 12.1. The van der Waals surface area contributed by atoms with Gasteiger partial charge in [0.25, 0.3) is 0 Å². The van der Waals surface area contributed by atoms with E-state index in [1.807, 2.05) is 20.8 Å². The average molecular weight is 220 g/mol. The molecular weight excluding hydrogens is 196 g/mol. The molecule has 0 fully saturated rings. The second-order valence-corrected chi connectivity index (χ2v) is 3.33. The lowest BCUT2D eigenvalue weighted by atomic mass is 10.4. The van der Waals surface area contributed by atoms with Crippen LogP contribution in [0.2, 0.25) is 0 Å². The lowest BCUT2D eigenvalue weighted by Gasteiger charge is -2.13. The predicted molar refractivity (Wildman–Crippen MR) is 59.9 cm³/mol. The zero-order valence-corrected chi connectivity index (χ0v) is 10.2. The third-order valence-electron chi connectivity index (χ3n) is 1.68. The Morgan fingerprint density at radius 2 is 1.93 bits per heavy atom. The molecule has 0 bridgehead atoms. The van der Waals surface area contributed by atoms with Crippen molar-refractivity contribution in [3.8, 4) is 0 Å². The second-order valence-electron chi connectivity index (χ2n) is 3.33. The van der Waals surface area contributed by atoms with E-state index < -0.39 is 0 Å². The van der Waals surface area contributed by atoms with Crippen LogP contribution in [0, 0.1) is 0 Å². The van der Waals surface area contributed by atoms with Crippen molar-refractivity contribution >= 4 is 6.29 Å². The third kappa shape index (κ3) is 16.2. The number of ether oxygens (including phenoxy) is 2. The van der Waals surface area contributed by atoms with Crippen LogP contribution < -0.4 is 0 Å². The highest BCUT2D eigenvalue weighted by Gasteiger charge is 2.03. The minimum Gasteiger partial charge on any atom is -0.394 e. The third-order valence-corrected chi connectivity index (χ3v) is 1.68. The molecule has 0 aromatic carbocycles. The predicted octanol–water partition coefficient (Wildman–Crippen LogP) is 1.40. The number of carbonyl (C=O) groups is 1. The van der Waals surface area contributed by atoms with Gasteiger partial charge in [-0.1, -0.05) is 6.92 Å². The molecule has 0 heterocycles. The summed E-state index contributed by atoms with van der Waals surface area (Å²) in [6, 6.07) is 0. The Labute approximate surface area is 92.6 Å². The molecule has 4 heteroatoms. The van der Waals surface area contributed by atoms with Crippen LogP contribution in [0.5, 0.6) is 0 Å². The van der Waals surface area contributed by atoms with Crippen LogP contribution in [0.25, 0.3) is 0 Å². The Morgan fingerprint density at radius 3 is 2.20 bits per heavy atom. The summed E-state index contributed by atoms with van der Waals surface area (Å²) in [6.07, 6.45) is 2.63. The lowest BCUT2D eigenvalue weighted by molar-refractivity contribution is -0.107. The number of hydrogen-bond donors (Lipinski definition) is 1. The minimum absolute atomic E-state index is 0.0659. The van der Waals surface area contributed by atoms with E-state index >= 15 is 0 Å². The molecule has 0 radical (unpaired) electrons. The molecule has 2 unspecified atom stereocenters. The summed E-state index contributed by atoms with van der Waals surface area (Å²) >= 11 is 0. The van der Waals surface area contributed by atoms with Crippen molar-refractivity contribution in [3.63, 3.8) is 0 Å². The van der Waals surface area contributed by atoms with E-state index in [-0.39, 0.29) is 18.8 Å².